The van der Waals surface area contributed by atoms with Gasteiger partial charge in [-0.25, -0.2) is 4.98 Å². The van der Waals surface area contributed by atoms with Gasteiger partial charge in [-0.05, 0) is 5.56 Å². The molecule has 1 aromatic heterocycles. The molecule has 20 heavy (non-hydrogen) atoms. The van der Waals surface area contributed by atoms with E-state index in [1.54, 1.807) is 6.20 Å². The first-order valence-corrected chi connectivity index (χ1v) is 6.52. The number of nitrogens with zero attached hydrogens (tertiary/aromatic N) is 2. The second-order valence-corrected chi connectivity index (χ2v) is 4.57. The average molecular weight is 273 g/mol. The van der Waals surface area contributed by atoms with Crippen molar-refractivity contribution in [3.05, 3.63) is 54.1 Å². The molecule has 1 N–H and O–H groups in total. The summed E-state index contributed by atoms with van der Waals surface area (Å²) in [6, 6.07) is 9.64. The van der Waals surface area contributed by atoms with Crippen LogP contribution in [0.3, 0.4) is 0 Å². The molecule has 0 saturated carbocycles. The van der Waals surface area contributed by atoms with Crippen LogP contribution < -0.4 is 5.32 Å². The zero-order chi connectivity index (χ0) is 14.4. The van der Waals surface area contributed by atoms with Gasteiger partial charge in [-0.2, -0.15) is 0 Å². The summed E-state index contributed by atoms with van der Waals surface area (Å²) in [6.45, 7) is 1.13. The van der Waals surface area contributed by atoms with E-state index in [1.165, 1.54) is 7.11 Å². The highest BCUT2D eigenvalue weighted by atomic mass is 16.5. The Hall–Kier alpha value is -2.14. The summed E-state index contributed by atoms with van der Waals surface area (Å²) >= 11 is 0. The van der Waals surface area contributed by atoms with Gasteiger partial charge in [0, 0.05) is 26.0 Å². The van der Waals surface area contributed by atoms with E-state index in [9.17, 15) is 4.79 Å². The Labute approximate surface area is 118 Å². The Kier molecular flexibility index (Phi) is 4.90. The molecule has 106 valence electrons. The summed E-state index contributed by atoms with van der Waals surface area (Å²) in [6.07, 6.45) is 3.65. The fraction of sp³-hybridized carbons (Fsp3) is 0.333. The molecule has 5 heteroatoms. The zero-order valence-corrected chi connectivity index (χ0v) is 11.7. The van der Waals surface area contributed by atoms with Crippen LogP contribution in [0.5, 0.6) is 0 Å². The summed E-state index contributed by atoms with van der Waals surface area (Å²) in [5.74, 6) is 0.395. The van der Waals surface area contributed by atoms with Gasteiger partial charge in [0.15, 0.2) is 0 Å². The standard InChI is InChI=1S/C15H19N3O2/c1-18-9-8-17-14(18)11-16-10-13(15(19)20-2)12-6-4-3-5-7-12/h3-9,13,16H,10-11H2,1-2H3. The maximum Gasteiger partial charge on any atom is 0.314 e. The van der Waals surface area contributed by atoms with Crippen LogP contribution >= 0.6 is 0 Å². The zero-order valence-electron chi connectivity index (χ0n) is 11.7. The Bertz CT molecular complexity index is 551. The van der Waals surface area contributed by atoms with Gasteiger partial charge in [0.1, 0.15) is 5.82 Å². The molecule has 0 fully saturated rings. The SMILES string of the molecule is COC(=O)C(CNCc1nccn1C)c1ccccc1. The number of imidazole rings is 1. The second-order valence-electron chi connectivity index (χ2n) is 4.57. The van der Waals surface area contributed by atoms with E-state index < -0.39 is 0 Å². The quantitative estimate of drug-likeness (QED) is 0.810. The number of carbonyl (C=O) groups excluding carboxylic acids is 1. The van der Waals surface area contributed by atoms with Crippen LogP contribution in [0.25, 0.3) is 0 Å². The van der Waals surface area contributed by atoms with E-state index >= 15 is 0 Å². The molecule has 5 nitrogen and oxygen atoms in total. The van der Waals surface area contributed by atoms with Crippen LogP contribution in [0.2, 0.25) is 0 Å². The predicted octanol–water partition coefficient (Wildman–Crippen LogP) is 1.47. The molecule has 1 atom stereocenters. The van der Waals surface area contributed by atoms with Crippen molar-refractivity contribution in [1.82, 2.24) is 14.9 Å². The number of nitrogens with one attached hydrogen (secondary N) is 1. The van der Waals surface area contributed by atoms with Crippen molar-refractivity contribution in [1.29, 1.82) is 0 Å². The predicted molar refractivity (Wildman–Crippen MR) is 76.1 cm³/mol. The van der Waals surface area contributed by atoms with E-state index in [0.29, 0.717) is 13.1 Å². The summed E-state index contributed by atoms with van der Waals surface area (Å²) in [5, 5.41) is 3.26. The maximum atomic E-state index is 11.9. The van der Waals surface area contributed by atoms with Gasteiger partial charge in [-0.1, -0.05) is 30.3 Å². The molecular formula is C15H19N3O2. The molecule has 1 heterocycles. The Morgan fingerprint density at radius 2 is 2.15 bits per heavy atom. The highest BCUT2D eigenvalue weighted by Gasteiger charge is 2.20. The molecule has 0 radical (unpaired) electrons. The van der Waals surface area contributed by atoms with E-state index in [2.05, 4.69) is 10.3 Å². The number of hydrogen-bond acceptors (Lipinski definition) is 4. The van der Waals surface area contributed by atoms with Crippen LogP contribution in [0.1, 0.15) is 17.3 Å². The largest absolute Gasteiger partial charge is 0.469 e. The molecule has 0 aliphatic rings. The molecule has 1 aromatic carbocycles. The van der Waals surface area contributed by atoms with Crippen molar-refractivity contribution in [2.75, 3.05) is 13.7 Å². The first kappa shape index (κ1) is 14.3. The molecule has 2 rings (SSSR count). The van der Waals surface area contributed by atoms with Crippen molar-refractivity contribution in [2.45, 2.75) is 12.5 Å². The number of aromatic nitrogens is 2. The average Bonchev–Trinajstić information content (AvgIpc) is 2.89. The van der Waals surface area contributed by atoms with E-state index in [4.69, 9.17) is 4.74 Å². The third-order valence-electron chi connectivity index (χ3n) is 3.24. The highest BCUT2D eigenvalue weighted by Crippen LogP contribution is 2.16. The first-order chi connectivity index (χ1) is 9.72. The fourth-order valence-corrected chi connectivity index (χ4v) is 2.06. The molecule has 0 aliphatic heterocycles. The van der Waals surface area contributed by atoms with Gasteiger partial charge in [0.25, 0.3) is 0 Å². The van der Waals surface area contributed by atoms with Crippen molar-refractivity contribution in [2.24, 2.45) is 7.05 Å². The van der Waals surface area contributed by atoms with Gasteiger partial charge in [0.2, 0.25) is 0 Å². The molecule has 0 saturated heterocycles. The van der Waals surface area contributed by atoms with Crippen LogP contribution in [0.4, 0.5) is 0 Å². The minimum absolute atomic E-state index is 0.233. The maximum absolute atomic E-state index is 11.9. The van der Waals surface area contributed by atoms with Gasteiger partial charge >= 0.3 is 5.97 Å². The molecule has 0 spiro atoms. The lowest BCUT2D eigenvalue weighted by atomic mass is 9.99. The van der Waals surface area contributed by atoms with Crippen molar-refractivity contribution < 1.29 is 9.53 Å². The Morgan fingerprint density at radius 1 is 1.40 bits per heavy atom. The molecule has 0 aliphatic carbocycles. The normalized spacial score (nSPS) is 12.1. The molecule has 0 amide bonds. The third kappa shape index (κ3) is 3.45. The number of aryl methyl sites for hydroxylation is 1. The smallest absolute Gasteiger partial charge is 0.314 e. The van der Waals surface area contributed by atoms with Crippen molar-refractivity contribution in [3.63, 3.8) is 0 Å². The summed E-state index contributed by atoms with van der Waals surface area (Å²) in [4.78, 5) is 16.1. The topological polar surface area (TPSA) is 56.1 Å². The third-order valence-corrected chi connectivity index (χ3v) is 3.24. The second kappa shape index (κ2) is 6.86. The highest BCUT2D eigenvalue weighted by molar-refractivity contribution is 5.78. The number of methoxy groups -OCH3 is 1. The van der Waals surface area contributed by atoms with Crippen molar-refractivity contribution in [3.8, 4) is 0 Å². The number of hydrogen-bond donors (Lipinski definition) is 1. The number of benzene rings is 1. The lowest BCUT2D eigenvalue weighted by Crippen LogP contribution is -2.28. The van der Waals surface area contributed by atoms with E-state index in [-0.39, 0.29) is 11.9 Å². The van der Waals surface area contributed by atoms with Crippen LogP contribution in [-0.4, -0.2) is 29.2 Å². The number of carbonyl (C=O) groups is 1. The van der Waals surface area contributed by atoms with Gasteiger partial charge in [0.05, 0.1) is 19.6 Å². The Balaban J connectivity index is 1.99. The lowest BCUT2D eigenvalue weighted by Gasteiger charge is -2.15. The number of esters is 1. The molecule has 0 bridgehead atoms. The first-order valence-electron chi connectivity index (χ1n) is 6.52. The van der Waals surface area contributed by atoms with Gasteiger partial charge < -0.3 is 14.6 Å². The van der Waals surface area contributed by atoms with Crippen LogP contribution in [-0.2, 0) is 23.1 Å². The number of rotatable bonds is 6. The molecular weight excluding hydrogens is 254 g/mol. The molecule has 1 unspecified atom stereocenters. The lowest BCUT2D eigenvalue weighted by molar-refractivity contribution is -0.142. The van der Waals surface area contributed by atoms with Gasteiger partial charge in [-0.15, -0.1) is 0 Å². The fourth-order valence-electron chi connectivity index (χ4n) is 2.06. The minimum atomic E-state index is -0.304. The summed E-state index contributed by atoms with van der Waals surface area (Å²) in [5.41, 5.74) is 0.951. The minimum Gasteiger partial charge on any atom is -0.469 e. The van der Waals surface area contributed by atoms with Crippen molar-refractivity contribution >= 4 is 5.97 Å². The van der Waals surface area contributed by atoms with E-state index in [1.807, 2.05) is 48.1 Å². The summed E-state index contributed by atoms with van der Waals surface area (Å²) in [7, 11) is 3.36. The summed E-state index contributed by atoms with van der Waals surface area (Å²) < 4.78 is 6.83. The molecule has 2 aromatic rings. The number of ether oxygens (including phenoxy) is 1. The Morgan fingerprint density at radius 3 is 2.75 bits per heavy atom. The van der Waals surface area contributed by atoms with Gasteiger partial charge in [-0.3, -0.25) is 4.79 Å². The van der Waals surface area contributed by atoms with Crippen LogP contribution in [0.15, 0.2) is 42.7 Å². The van der Waals surface area contributed by atoms with E-state index in [0.717, 1.165) is 11.4 Å². The van der Waals surface area contributed by atoms with Crippen LogP contribution in [0, 0.1) is 0 Å². The monoisotopic (exact) mass is 273 g/mol.